The Morgan fingerprint density at radius 1 is 1.39 bits per heavy atom. The first-order chi connectivity index (χ1) is 8.38. The molecule has 0 saturated carbocycles. The summed E-state index contributed by atoms with van der Waals surface area (Å²) in [5.41, 5.74) is 0.615. The highest BCUT2D eigenvalue weighted by Crippen LogP contribution is 2.12. The maximum absolute atomic E-state index is 13.0. The topological polar surface area (TPSA) is 45.5 Å². The Kier molecular flexibility index (Phi) is 3.21. The number of rotatable bonds is 4. The van der Waals surface area contributed by atoms with Crippen LogP contribution >= 0.6 is 0 Å². The number of aromatic nitrogens is 3. The van der Waals surface area contributed by atoms with Crippen LogP contribution in [0.4, 0.5) is 10.3 Å². The number of hydrogen-bond donors (Lipinski definition) is 1. The number of fused-ring (bicyclic) bond motifs is 1. The van der Waals surface area contributed by atoms with Crippen molar-refractivity contribution in [2.24, 2.45) is 0 Å². The zero-order chi connectivity index (χ0) is 13.3. The maximum atomic E-state index is 13.0. The van der Waals surface area contributed by atoms with Crippen LogP contribution in [0.15, 0.2) is 18.3 Å². The fraction of sp³-hybridized carbons (Fsp3) is 0.500. The predicted molar refractivity (Wildman–Crippen MR) is 69.2 cm³/mol. The Morgan fingerprint density at radius 3 is 2.78 bits per heavy atom. The van der Waals surface area contributed by atoms with Crippen LogP contribution in [0.5, 0.6) is 0 Å². The summed E-state index contributed by atoms with van der Waals surface area (Å²) in [4.78, 5) is 6.39. The van der Waals surface area contributed by atoms with Crippen LogP contribution in [0, 0.1) is 5.82 Å². The van der Waals surface area contributed by atoms with Crippen molar-refractivity contribution in [1.29, 1.82) is 0 Å². The summed E-state index contributed by atoms with van der Waals surface area (Å²) in [5.74, 6) is 0.183. The van der Waals surface area contributed by atoms with Crippen molar-refractivity contribution >= 4 is 11.6 Å². The Bertz CT molecular complexity index is 546. The Hall–Kier alpha value is -1.69. The molecule has 1 N–H and O–H groups in total. The van der Waals surface area contributed by atoms with Gasteiger partial charge < -0.3 is 10.2 Å². The molecule has 0 aliphatic heterocycles. The molecule has 6 heteroatoms. The van der Waals surface area contributed by atoms with Gasteiger partial charge in [0.05, 0.1) is 6.20 Å². The molecule has 2 aromatic heterocycles. The van der Waals surface area contributed by atoms with E-state index in [2.05, 4.69) is 34.1 Å². The van der Waals surface area contributed by atoms with Gasteiger partial charge in [-0.25, -0.2) is 8.91 Å². The van der Waals surface area contributed by atoms with Gasteiger partial charge in [-0.15, -0.1) is 5.10 Å². The average Bonchev–Trinajstić information content (AvgIpc) is 2.68. The number of likely N-dealkylation sites (N-methyl/N-ethyl adjacent to an activating group) is 1. The second-order valence-electron chi connectivity index (χ2n) is 5.15. The Morgan fingerprint density at radius 2 is 2.11 bits per heavy atom. The van der Waals surface area contributed by atoms with Crippen LogP contribution in [0.25, 0.3) is 5.65 Å². The lowest BCUT2D eigenvalue weighted by Crippen LogP contribution is -2.44. The van der Waals surface area contributed by atoms with Crippen LogP contribution < -0.4 is 5.32 Å². The Balaban J connectivity index is 2.13. The van der Waals surface area contributed by atoms with Crippen LogP contribution in [-0.2, 0) is 0 Å². The first kappa shape index (κ1) is 12.8. The molecule has 2 rings (SSSR count). The van der Waals surface area contributed by atoms with E-state index < -0.39 is 0 Å². The van der Waals surface area contributed by atoms with Gasteiger partial charge >= 0.3 is 0 Å². The molecular formula is C12H18FN5. The average molecular weight is 251 g/mol. The van der Waals surface area contributed by atoms with Gasteiger partial charge in [0.15, 0.2) is 5.65 Å². The highest BCUT2D eigenvalue weighted by Gasteiger charge is 2.20. The molecule has 0 aromatic carbocycles. The van der Waals surface area contributed by atoms with Crippen molar-refractivity contribution in [2.75, 3.05) is 26.0 Å². The maximum Gasteiger partial charge on any atom is 0.243 e. The Labute approximate surface area is 106 Å². The van der Waals surface area contributed by atoms with E-state index in [1.165, 1.54) is 16.8 Å². The molecule has 0 saturated heterocycles. The second kappa shape index (κ2) is 4.53. The van der Waals surface area contributed by atoms with E-state index in [0.29, 0.717) is 18.1 Å². The van der Waals surface area contributed by atoms with E-state index in [4.69, 9.17) is 0 Å². The number of anilines is 1. The molecule has 0 fully saturated rings. The second-order valence-corrected chi connectivity index (χ2v) is 5.15. The first-order valence-corrected chi connectivity index (χ1v) is 5.82. The lowest BCUT2D eigenvalue weighted by Gasteiger charge is -2.32. The van der Waals surface area contributed by atoms with Crippen molar-refractivity contribution in [2.45, 2.75) is 19.4 Å². The monoisotopic (exact) mass is 251 g/mol. The molecule has 2 heterocycles. The van der Waals surface area contributed by atoms with Gasteiger partial charge in [-0.3, -0.25) is 0 Å². The SMILES string of the molecule is CN(C)C(C)(C)CNc1nc2ccc(F)cn2n1. The summed E-state index contributed by atoms with van der Waals surface area (Å²) in [5, 5.41) is 7.34. The molecule has 0 bridgehead atoms. The molecule has 2 aromatic rings. The predicted octanol–water partition coefficient (Wildman–Crippen LogP) is 1.62. The number of nitrogens with zero attached hydrogens (tertiary/aromatic N) is 4. The minimum atomic E-state index is -0.326. The molecule has 0 atom stereocenters. The van der Waals surface area contributed by atoms with Gasteiger partial charge in [0.1, 0.15) is 5.82 Å². The summed E-state index contributed by atoms with van der Waals surface area (Å²) >= 11 is 0. The fourth-order valence-corrected chi connectivity index (χ4v) is 1.39. The van der Waals surface area contributed by atoms with Crippen LogP contribution in [0.1, 0.15) is 13.8 Å². The van der Waals surface area contributed by atoms with Crippen molar-refractivity contribution in [3.8, 4) is 0 Å². The molecular weight excluding hydrogens is 233 g/mol. The summed E-state index contributed by atoms with van der Waals surface area (Å²) < 4.78 is 14.4. The van der Waals surface area contributed by atoms with E-state index in [-0.39, 0.29) is 11.4 Å². The normalized spacial score (nSPS) is 12.3. The van der Waals surface area contributed by atoms with Gasteiger partial charge in [-0.1, -0.05) is 0 Å². The quantitative estimate of drug-likeness (QED) is 0.897. The zero-order valence-electron chi connectivity index (χ0n) is 11.1. The third-order valence-corrected chi connectivity index (χ3v) is 3.18. The standard InChI is InChI=1S/C12H18FN5/c1-12(2,17(3)4)8-14-11-15-10-6-5-9(13)7-18(10)16-11/h5-7H,8H2,1-4H3,(H,14,16). The number of halogens is 1. The van der Waals surface area contributed by atoms with Gasteiger partial charge in [-0.05, 0) is 40.1 Å². The molecule has 0 amide bonds. The largest absolute Gasteiger partial charge is 0.351 e. The van der Waals surface area contributed by atoms with Crippen molar-refractivity contribution < 1.29 is 4.39 Å². The minimum Gasteiger partial charge on any atom is -0.351 e. The molecule has 0 aliphatic carbocycles. The van der Waals surface area contributed by atoms with E-state index in [9.17, 15) is 4.39 Å². The number of nitrogens with one attached hydrogen (secondary N) is 1. The summed E-state index contributed by atoms with van der Waals surface area (Å²) in [7, 11) is 4.04. The van der Waals surface area contributed by atoms with Crippen molar-refractivity contribution in [1.82, 2.24) is 19.5 Å². The van der Waals surface area contributed by atoms with Crippen molar-refractivity contribution in [3.05, 3.63) is 24.1 Å². The number of hydrogen-bond acceptors (Lipinski definition) is 4. The molecule has 0 radical (unpaired) electrons. The lowest BCUT2D eigenvalue weighted by molar-refractivity contribution is 0.209. The first-order valence-electron chi connectivity index (χ1n) is 5.82. The van der Waals surface area contributed by atoms with Gasteiger partial charge in [0.2, 0.25) is 5.95 Å². The van der Waals surface area contributed by atoms with E-state index in [0.717, 1.165) is 0 Å². The van der Waals surface area contributed by atoms with Crippen molar-refractivity contribution in [3.63, 3.8) is 0 Å². The summed E-state index contributed by atoms with van der Waals surface area (Å²) in [6.07, 6.45) is 1.31. The molecule has 98 valence electrons. The van der Waals surface area contributed by atoms with Crippen LogP contribution in [0.3, 0.4) is 0 Å². The van der Waals surface area contributed by atoms with E-state index >= 15 is 0 Å². The molecule has 18 heavy (non-hydrogen) atoms. The third kappa shape index (κ3) is 2.59. The van der Waals surface area contributed by atoms with Gasteiger partial charge in [0.25, 0.3) is 0 Å². The van der Waals surface area contributed by atoms with E-state index in [1.807, 2.05) is 14.1 Å². The molecule has 0 unspecified atom stereocenters. The molecule has 0 aliphatic rings. The smallest absolute Gasteiger partial charge is 0.243 e. The fourth-order valence-electron chi connectivity index (χ4n) is 1.39. The third-order valence-electron chi connectivity index (χ3n) is 3.18. The molecule has 0 spiro atoms. The van der Waals surface area contributed by atoms with Crippen LogP contribution in [-0.4, -0.2) is 45.7 Å². The lowest BCUT2D eigenvalue weighted by atomic mass is 10.1. The summed E-state index contributed by atoms with van der Waals surface area (Å²) in [6.45, 7) is 4.95. The van der Waals surface area contributed by atoms with Gasteiger partial charge in [0, 0.05) is 12.1 Å². The highest BCUT2D eigenvalue weighted by atomic mass is 19.1. The molecule has 5 nitrogen and oxygen atoms in total. The van der Waals surface area contributed by atoms with Gasteiger partial charge in [-0.2, -0.15) is 4.98 Å². The zero-order valence-corrected chi connectivity index (χ0v) is 11.1. The minimum absolute atomic E-state index is 0.0112. The number of pyridine rings is 1. The van der Waals surface area contributed by atoms with E-state index in [1.54, 1.807) is 6.07 Å². The highest BCUT2D eigenvalue weighted by molar-refractivity contribution is 5.43. The van der Waals surface area contributed by atoms with Crippen LogP contribution in [0.2, 0.25) is 0 Å². The summed E-state index contributed by atoms with van der Waals surface area (Å²) in [6, 6.07) is 2.97.